The quantitative estimate of drug-likeness (QED) is 0.923. The van der Waals surface area contributed by atoms with E-state index in [0.29, 0.717) is 12.2 Å². The molecule has 0 spiro atoms. The highest BCUT2D eigenvalue weighted by molar-refractivity contribution is 9.10. The van der Waals surface area contributed by atoms with Gasteiger partial charge in [0.2, 0.25) is 0 Å². The molecule has 1 aromatic heterocycles. The van der Waals surface area contributed by atoms with E-state index in [1.165, 1.54) is 0 Å². The van der Waals surface area contributed by atoms with Crippen LogP contribution in [0.2, 0.25) is 0 Å². The van der Waals surface area contributed by atoms with Crippen molar-refractivity contribution in [1.29, 1.82) is 0 Å². The van der Waals surface area contributed by atoms with Crippen LogP contribution in [0, 0.1) is 0 Å². The van der Waals surface area contributed by atoms with E-state index in [9.17, 15) is 5.11 Å². The summed E-state index contributed by atoms with van der Waals surface area (Å²) in [6, 6.07) is 8.06. The first-order valence-electron chi connectivity index (χ1n) is 6.01. The zero-order chi connectivity index (χ0) is 13.0. The minimum absolute atomic E-state index is 0.0503. The van der Waals surface area contributed by atoms with Gasteiger partial charge in [-0.3, -0.25) is 0 Å². The summed E-state index contributed by atoms with van der Waals surface area (Å²) in [6.45, 7) is 2.73. The van der Waals surface area contributed by atoms with Crippen molar-refractivity contribution < 1.29 is 5.11 Å². The number of halogens is 1. The van der Waals surface area contributed by atoms with E-state index in [0.717, 1.165) is 28.6 Å². The molecule has 96 valence electrons. The fourth-order valence-electron chi connectivity index (χ4n) is 1.92. The van der Waals surface area contributed by atoms with E-state index in [2.05, 4.69) is 39.2 Å². The van der Waals surface area contributed by atoms with Gasteiger partial charge in [-0.15, -0.1) is 5.10 Å². The van der Waals surface area contributed by atoms with Gasteiger partial charge in [0.15, 0.2) is 0 Å². The lowest BCUT2D eigenvalue weighted by atomic mass is 10.2. The van der Waals surface area contributed by atoms with Crippen molar-refractivity contribution in [2.75, 3.05) is 0 Å². The van der Waals surface area contributed by atoms with Gasteiger partial charge in [0, 0.05) is 4.47 Å². The first-order chi connectivity index (χ1) is 8.76. The number of benzene rings is 1. The van der Waals surface area contributed by atoms with E-state index in [4.69, 9.17) is 0 Å². The molecule has 2 aromatic rings. The molecule has 4 nitrogen and oxygen atoms in total. The summed E-state index contributed by atoms with van der Waals surface area (Å²) in [4.78, 5) is 0. The van der Waals surface area contributed by atoms with Gasteiger partial charge in [0.25, 0.3) is 0 Å². The van der Waals surface area contributed by atoms with Crippen molar-refractivity contribution in [3.63, 3.8) is 0 Å². The fraction of sp³-hybridized carbons (Fsp3) is 0.385. The molecule has 0 amide bonds. The Morgan fingerprint density at radius 2 is 2.11 bits per heavy atom. The SMILES string of the molecule is CCCc1c(CO)nnn1Cc1ccccc1Br. The lowest BCUT2D eigenvalue weighted by Gasteiger charge is -2.08. The van der Waals surface area contributed by atoms with Crippen LogP contribution < -0.4 is 0 Å². The van der Waals surface area contributed by atoms with Crippen LogP contribution in [0.25, 0.3) is 0 Å². The van der Waals surface area contributed by atoms with Crippen molar-refractivity contribution >= 4 is 15.9 Å². The number of rotatable bonds is 5. The van der Waals surface area contributed by atoms with Gasteiger partial charge < -0.3 is 5.11 Å². The maximum absolute atomic E-state index is 9.25. The third-order valence-corrected chi connectivity index (χ3v) is 3.61. The molecule has 0 saturated carbocycles. The Hall–Kier alpha value is -1.20. The first-order valence-corrected chi connectivity index (χ1v) is 6.81. The molecule has 0 atom stereocenters. The molecule has 0 aliphatic rings. The molecule has 0 saturated heterocycles. The number of nitrogens with zero attached hydrogens (tertiary/aromatic N) is 3. The van der Waals surface area contributed by atoms with Gasteiger partial charge in [-0.25, -0.2) is 4.68 Å². The Morgan fingerprint density at radius 1 is 1.33 bits per heavy atom. The van der Waals surface area contributed by atoms with E-state index in [1.54, 1.807) is 0 Å². The third-order valence-electron chi connectivity index (χ3n) is 2.83. The fourth-order valence-corrected chi connectivity index (χ4v) is 2.33. The summed E-state index contributed by atoms with van der Waals surface area (Å²) >= 11 is 3.53. The van der Waals surface area contributed by atoms with Crippen LogP contribution in [0.4, 0.5) is 0 Å². The predicted molar refractivity (Wildman–Crippen MR) is 73.2 cm³/mol. The average molecular weight is 310 g/mol. The van der Waals surface area contributed by atoms with Crippen LogP contribution in [0.3, 0.4) is 0 Å². The van der Waals surface area contributed by atoms with Crippen molar-refractivity contribution in [3.8, 4) is 0 Å². The van der Waals surface area contributed by atoms with Crippen molar-refractivity contribution in [3.05, 3.63) is 45.7 Å². The Morgan fingerprint density at radius 3 is 2.78 bits per heavy atom. The largest absolute Gasteiger partial charge is 0.390 e. The maximum Gasteiger partial charge on any atom is 0.111 e. The lowest BCUT2D eigenvalue weighted by molar-refractivity contribution is 0.275. The molecule has 1 heterocycles. The Bertz CT molecular complexity index is 525. The highest BCUT2D eigenvalue weighted by Crippen LogP contribution is 2.18. The van der Waals surface area contributed by atoms with Gasteiger partial charge >= 0.3 is 0 Å². The third kappa shape index (κ3) is 2.79. The Labute approximate surface area is 115 Å². The molecule has 0 bridgehead atoms. The Balaban J connectivity index is 2.29. The van der Waals surface area contributed by atoms with Gasteiger partial charge in [0.05, 0.1) is 18.8 Å². The number of aliphatic hydroxyl groups excluding tert-OH is 1. The van der Waals surface area contributed by atoms with E-state index >= 15 is 0 Å². The van der Waals surface area contributed by atoms with E-state index in [1.807, 2.05) is 22.9 Å². The second-order valence-electron chi connectivity index (χ2n) is 4.14. The van der Waals surface area contributed by atoms with Crippen LogP contribution >= 0.6 is 15.9 Å². The highest BCUT2D eigenvalue weighted by Gasteiger charge is 2.12. The molecule has 0 aliphatic heterocycles. The summed E-state index contributed by atoms with van der Waals surface area (Å²) in [5.41, 5.74) is 2.86. The summed E-state index contributed by atoms with van der Waals surface area (Å²) in [5, 5.41) is 17.4. The topological polar surface area (TPSA) is 50.9 Å². The predicted octanol–water partition coefficient (Wildman–Crippen LogP) is 2.53. The smallest absolute Gasteiger partial charge is 0.111 e. The molecular formula is C13H16BrN3O. The molecule has 1 aromatic carbocycles. The molecule has 5 heteroatoms. The molecule has 0 fully saturated rings. The minimum atomic E-state index is -0.0503. The summed E-state index contributed by atoms with van der Waals surface area (Å²) in [7, 11) is 0. The number of hydrogen-bond donors (Lipinski definition) is 1. The highest BCUT2D eigenvalue weighted by atomic mass is 79.9. The zero-order valence-corrected chi connectivity index (χ0v) is 11.9. The monoisotopic (exact) mass is 309 g/mol. The van der Waals surface area contributed by atoms with Crippen LogP contribution in [-0.2, 0) is 19.6 Å². The normalized spacial score (nSPS) is 10.8. The summed E-state index contributed by atoms with van der Waals surface area (Å²) in [5.74, 6) is 0. The van der Waals surface area contributed by atoms with Crippen LogP contribution in [0.15, 0.2) is 28.7 Å². The number of hydrogen-bond acceptors (Lipinski definition) is 3. The maximum atomic E-state index is 9.25. The molecule has 0 unspecified atom stereocenters. The van der Waals surface area contributed by atoms with E-state index in [-0.39, 0.29) is 6.61 Å². The molecule has 18 heavy (non-hydrogen) atoms. The van der Waals surface area contributed by atoms with Crippen molar-refractivity contribution in [1.82, 2.24) is 15.0 Å². The zero-order valence-electron chi connectivity index (χ0n) is 10.3. The van der Waals surface area contributed by atoms with E-state index < -0.39 is 0 Å². The van der Waals surface area contributed by atoms with Gasteiger partial charge in [-0.05, 0) is 18.1 Å². The lowest BCUT2D eigenvalue weighted by Crippen LogP contribution is -2.08. The van der Waals surface area contributed by atoms with Gasteiger partial charge in [0.1, 0.15) is 5.69 Å². The molecule has 0 radical (unpaired) electrons. The first kappa shape index (κ1) is 13.2. The van der Waals surface area contributed by atoms with Gasteiger partial charge in [-0.2, -0.15) is 0 Å². The molecule has 1 N–H and O–H groups in total. The average Bonchev–Trinajstić information content (AvgIpc) is 2.75. The number of aliphatic hydroxyl groups is 1. The standard InChI is InChI=1S/C13H16BrN3O/c1-2-5-13-12(9-18)15-16-17(13)8-10-6-3-4-7-11(10)14/h3-4,6-7,18H,2,5,8-9H2,1H3. The van der Waals surface area contributed by atoms with Gasteiger partial charge in [-0.1, -0.05) is 52.7 Å². The van der Waals surface area contributed by atoms with Crippen LogP contribution in [0.1, 0.15) is 30.3 Å². The Kier molecular flexibility index (Phi) is 4.49. The van der Waals surface area contributed by atoms with Crippen molar-refractivity contribution in [2.45, 2.75) is 32.9 Å². The summed E-state index contributed by atoms with van der Waals surface area (Å²) < 4.78 is 2.93. The molecular weight excluding hydrogens is 294 g/mol. The van der Waals surface area contributed by atoms with Crippen molar-refractivity contribution in [2.24, 2.45) is 0 Å². The molecule has 0 aliphatic carbocycles. The van der Waals surface area contributed by atoms with Crippen LogP contribution in [0.5, 0.6) is 0 Å². The second kappa shape index (κ2) is 6.11. The number of aromatic nitrogens is 3. The second-order valence-corrected chi connectivity index (χ2v) is 4.99. The molecule has 2 rings (SSSR count). The minimum Gasteiger partial charge on any atom is -0.390 e. The van der Waals surface area contributed by atoms with Crippen LogP contribution in [-0.4, -0.2) is 20.1 Å². The summed E-state index contributed by atoms with van der Waals surface area (Å²) in [6.07, 6.45) is 1.89.